The van der Waals surface area contributed by atoms with Crippen molar-refractivity contribution in [2.45, 2.75) is 12.5 Å². The maximum absolute atomic E-state index is 10.2. The summed E-state index contributed by atoms with van der Waals surface area (Å²) in [6.07, 6.45) is 1.57. The van der Waals surface area contributed by atoms with Crippen LogP contribution in [-0.2, 0) is 5.60 Å². The number of hydrogen-bond acceptors (Lipinski definition) is 1. The molecule has 0 heterocycles. The van der Waals surface area contributed by atoms with Crippen LogP contribution in [-0.4, -0.2) is 5.11 Å². The number of benzene rings is 2. The number of hydrogen-bond donors (Lipinski definition) is 1. The van der Waals surface area contributed by atoms with Gasteiger partial charge in [0.2, 0.25) is 0 Å². The normalized spacial score (nSPS) is 14.1. The fraction of sp³-hybridized carbons (Fsp3) is 0.133. The summed E-state index contributed by atoms with van der Waals surface area (Å²) in [6.45, 7) is 5.22. The Kier molecular flexibility index (Phi) is 2.66. The Hall–Kier alpha value is -1.82. The highest BCUT2D eigenvalue weighted by molar-refractivity contribution is 5.83. The molecule has 0 aliphatic rings. The molecule has 0 spiro atoms. The second-order valence-corrected chi connectivity index (χ2v) is 4.06. The van der Waals surface area contributed by atoms with Gasteiger partial charge in [-0.25, -0.2) is 0 Å². The van der Waals surface area contributed by atoms with Gasteiger partial charge < -0.3 is 5.11 Å². The monoisotopic (exact) mass is 210 g/mol. The van der Waals surface area contributed by atoms with Crippen LogP contribution in [0.2, 0.25) is 0 Å². The molecule has 2 rings (SSSR count). The highest BCUT2D eigenvalue weighted by Crippen LogP contribution is 2.25. The molecule has 0 bridgehead atoms. The van der Waals surface area contributed by atoms with Crippen LogP contribution in [0.15, 0.2) is 60.9 Å². The Bertz CT molecular complexity index is 560. The number of aliphatic hydroxyl groups is 1. The summed E-state index contributed by atoms with van der Waals surface area (Å²) in [5.74, 6) is 0. The van der Waals surface area contributed by atoms with Crippen LogP contribution in [0.1, 0.15) is 12.5 Å². The van der Waals surface area contributed by atoms with E-state index in [9.17, 15) is 5.11 Å². The van der Waals surface area contributed by atoms with E-state index < -0.39 is 5.60 Å². The van der Waals surface area contributed by atoms with Gasteiger partial charge in [0.25, 0.3) is 0 Å². The van der Waals surface area contributed by atoms with Gasteiger partial charge in [-0.3, -0.25) is 0 Å². The van der Waals surface area contributed by atoms with Crippen molar-refractivity contribution in [2.24, 2.45) is 0 Å². The smallest absolute Gasteiger partial charge is 0.112 e. The zero-order chi connectivity index (χ0) is 11.6. The minimum Gasteiger partial charge on any atom is -0.381 e. The summed E-state index contributed by atoms with van der Waals surface area (Å²) in [7, 11) is 0. The first kappa shape index (κ1) is 10.7. The topological polar surface area (TPSA) is 20.2 Å². The van der Waals surface area contributed by atoms with Gasteiger partial charge in [-0.15, -0.1) is 5.73 Å². The summed E-state index contributed by atoms with van der Waals surface area (Å²) < 4.78 is 0. The van der Waals surface area contributed by atoms with Crippen molar-refractivity contribution in [1.82, 2.24) is 0 Å². The van der Waals surface area contributed by atoms with Gasteiger partial charge in [-0.1, -0.05) is 43.0 Å². The Balaban J connectivity index is 2.59. The highest BCUT2D eigenvalue weighted by atomic mass is 16.3. The molecule has 1 atom stereocenters. The lowest BCUT2D eigenvalue weighted by Gasteiger charge is -2.18. The third-order valence-electron chi connectivity index (χ3n) is 2.72. The molecule has 2 aromatic carbocycles. The molecule has 1 nitrogen and oxygen atoms in total. The molecule has 0 fully saturated rings. The Morgan fingerprint density at radius 3 is 2.56 bits per heavy atom. The van der Waals surface area contributed by atoms with Crippen LogP contribution in [0, 0.1) is 0 Å². The average Bonchev–Trinajstić information content (AvgIpc) is 2.28. The highest BCUT2D eigenvalue weighted by Gasteiger charge is 2.19. The quantitative estimate of drug-likeness (QED) is 0.753. The van der Waals surface area contributed by atoms with E-state index in [1.165, 1.54) is 5.39 Å². The second kappa shape index (κ2) is 3.97. The van der Waals surface area contributed by atoms with Gasteiger partial charge in [0.05, 0.1) is 0 Å². The maximum atomic E-state index is 10.2. The van der Waals surface area contributed by atoms with Crippen molar-refractivity contribution in [3.05, 3.63) is 66.4 Å². The molecule has 0 saturated carbocycles. The van der Waals surface area contributed by atoms with Crippen molar-refractivity contribution in [3.63, 3.8) is 0 Å². The lowest BCUT2D eigenvalue weighted by atomic mass is 9.94. The standard InChI is InChI=1S/C15H14O/c1-3-10-15(2,16)14-9-8-12-6-4-5-7-13(12)11-14/h4-11,16H,1H2,2H3/t15-/m0/s1. The molecule has 0 aromatic heterocycles. The third-order valence-corrected chi connectivity index (χ3v) is 2.72. The van der Waals surface area contributed by atoms with Crippen molar-refractivity contribution in [1.29, 1.82) is 0 Å². The second-order valence-electron chi connectivity index (χ2n) is 4.06. The van der Waals surface area contributed by atoms with Crippen molar-refractivity contribution < 1.29 is 5.11 Å². The van der Waals surface area contributed by atoms with E-state index in [0.29, 0.717) is 0 Å². The predicted molar refractivity (Wildman–Crippen MR) is 67.2 cm³/mol. The minimum absolute atomic E-state index is 0.849. The molecule has 0 aliphatic heterocycles. The molecule has 0 unspecified atom stereocenters. The molecule has 0 radical (unpaired) electrons. The van der Waals surface area contributed by atoms with Crippen LogP contribution in [0.3, 0.4) is 0 Å². The zero-order valence-corrected chi connectivity index (χ0v) is 9.27. The van der Waals surface area contributed by atoms with Crippen molar-refractivity contribution in [3.8, 4) is 0 Å². The third kappa shape index (κ3) is 1.92. The van der Waals surface area contributed by atoms with E-state index >= 15 is 0 Å². The van der Waals surface area contributed by atoms with Gasteiger partial charge in [-0.05, 0) is 35.4 Å². The van der Waals surface area contributed by atoms with E-state index in [-0.39, 0.29) is 0 Å². The van der Waals surface area contributed by atoms with Crippen LogP contribution in [0.5, 0.6) is 0 Å². The first-order valence-corrected chi connectivity index (χ1v) is 5.22. The van der Waals surface area contributed by atoms with Gasteiger partial charge in [0, 0.05) is 0 Å². The van der Waals surface area contributed by atoms with E-state index in [1.807, 2.05) is 36.4 Å². The van der Waals surface area contributed by atoms with Crippen LogP contribution < -0.4 is 0 Å². The molecule has 16 heavy (non-hydrogen) atoms. The summed E-state index contributed by atoms with van der Waals surface area (Å²) in [5.41, 5.74) is 2.47. The maximum Gasteiger partial charge on any atom is 0.112 e. The van der Waals surface area contributed by atoms with Gasteiger partial charge in [0.15, 0.2) is 0 Å². The summed E-state index contributed by atoms with van der Waals surface area (Å²) in [4.78, 5) is 0. The Labute approximate surface area is 95.4 Å². The predicted octanol–water partition coefficient (Wildman–Crippen LogP) is 3.39. The summed E-state index contributed by atoms with van der Waals surface area (Å²) in [5, 5.41) is 12.5. The zero-order valence-electron chi connectivity index (χ0n) is 9.27. The molecule has 1 heteroatoms. The SMILES string of the molecule is C=C=C[C@](C)(O)c1ccc2ccccc2c1. The molecular weight excluding hydrogens is 196 g/mol. The van der Waals surface area contributed by atoms with Crippen molar-refractivity contribution >= 4 is 10.8 Å². The minimum atomic E-state index is -1.01. The molecule has 0 saturated heterocycles. The molecular formula is C15H14O. The fourth-order valence-corrected chi connectivity index (χ4v) is 1.79. The summed E-state index contributed by atoms with van der Waals surface area (Å²) >= 11 is 0. The van der Waals surface area contributed by atoms with Gasteiger partial charge >= 0.3 is 0 Å². The molecule has 80 valence electrons. The van der Waals surface area contributed by atoms with Gasteiger partial charge in [0.1, 0.15) is 5.60 Å². The fourth-order valence-electron chi connectivity index (χ4n) is 1.79. The average molecular weight is 210 g/mol. The Morgan fingerprint density at radius 2 is 1.88 bits per heavy atom. The van der Waals surface area contributed by atoms with E-state index in [4.69, 9.17) is 0 Å². The molecule has 0 amide bonds. The van der Waals surface area contributed by atoms with Crippen LogP contribution in [0.25, 0.3) is 10.8 Å². The van der Waals surface area contributed by atoms with E-state index in [1.54, 1.807) is 13.0 Å². The van der Waals surface area contributed by atoms with Crippen LogP contribution >= 0.6 is 0 Å². The Morgan fingerprint density at radius 1 is 1.19 bits per heavy atom. The van der Waals surface area contributed by atoms with E-state index in [2.05, 4.69) is 18.4 Å². The summed E-state index contributed by atoms with van der Waals surface area (Å²) in [6, 6.07) is 14.0. The van der Waals surface area contributed by atoms with E-state index in [0.717, 1.165) is 10.9 Å². The van der Waals surface area contributed by atoms with Gasteiger partial charge in [-0.2, -0.15) is 0 Å². The lowest BCUT2D eigenvalue weighted by Crippen LogP contribution is -2.17. The number of fused-ring (bicyclic) bond motifs is 1. The number of rotatable bonds is 2. The lowest BCUT2D eigenvalue weighted by molar-refractivity contribution is 0.111. The molecule has 1 N–H and O–H groups in total. The first-order chi connectivity index (χ1) is 7.63. The largest absolute Gasteiger partial charge is 0.381 e. The van der Waals surface area contributed by atoms with Crippen LogP contribution in [0.4, 0.5) is 0 Å². The van der Waals surface area contributed by atoms with Crippen molar-refractivity contribution in [2.75, 3.05) is 0 Å². The molecule has 2 aromatic rings. The first-order valence-electron chi connectivity index (χ1n) is 5.22. The molecule has 0 aliphatic carbocycles.